The lowest BCUT2D eigenvalue weighted by Gasteiger charge is -2.01. The number of halogens is 1. The Morgan fingerprint density at radius 3 is 2.83 bits per heavy atom. The van der Waals surface area contributed by atoms with E-state index in [9.17, 15) is 4.39 Å². The van der Waals surface area contributed by atoms with E-state index >= 15 is 0 Å². The summed E-state index contributed by atoms with van der Waals surface area (Å²) in [5.41, 5.74) is 0.953. The first kappa shape index (κ1) is 12.7. The molecule has 2 rings (SSSR count). The van der Waals surface area contributed by atoms with Gasteiger partial charge < -0.3 is 5.11 Å². The number of aromatic amines is 1. The van der Waals surface area contributed by atoms with Gasteiger partial charge in [0.25, 0.3) is 0 Å². The van der Waals surface area contributed by atoms with E-state index in [1.807, 2.05) is 0 Å². The van der Waals surface area contributed by atoms with E-state index in [1.165, 1.54) is 6.07 Å². The van der Waals surface area contributed by atoms with Crippen molar-refractivity contribution in [3.63, 3.8) is 0 Å². The fourth-order valence-corrected chi connectivity index (χ4v) is 1.74. The lowest BCUT2D eigenvalue weighted by molar-refractivity contribution is 0.276. The second kappa shape index (κ2) is 5.27. The molecule has 1 heterocycles. The van der Waals surface area contributed by atoms with Crippen LogP contribution in [0.5, 0.6) is 0 Å². The van der Waals surface area contributed by atoms with E-state index in [0.717, 1.165) is 12.2 Å². The Balaban J connectivity index is 2.28. The van der Waals surface area contributed by atoms with Crippen LogP contribution in [0.3, 0.4) is 0 Å². The summed E-state index contributed by atoms with van der Waals surface area (Å²) < 4.78 is 13.3. The molecule has 2 N–H and O–H groups in total. The van der Waals surface area contributed by atoms with Gasteiger partial charge >= 0.3 is 0 Å². The summed E-state index contributed by atoms with van der Waals surface area (Å²) in [6, 6.07) is 4.49. The van der Waals surface area contributed by atoms with Gasteiger partial charge in [-0.25, -0.2) is 9.37 Å². The van der Waals surface area contributed by atoms with Crippen molar-refractivity contribution in [2.24, 2.45) is 5.92 Å². The molecule has 0 unspecified atom stereocenters. The highest BCUT2D eigenvalue weighted by Crippen LogP contribution is 2.19. The Morgan fingerprint density at radius 1 is 1.39 bits per heavy atom. The predicted octanol–water partition coefficient (Wildman–Crippen LogP) is 2.30. The van der Waals surface area contributed by atoms with E-state index in [0.29, 0.717) is 17.3 Å². The van der Waals surface area contributed by atoms with Gasteiger partial charge in [0, 0.05) is 17.5 Å². The molecule has 4 nitrogen and oxygen atoms in total. The van der Waals surface area contributed by atoms with Gasteiger partial charge in [0.2, 0.25) is 0 Å². The molecule has 96 valence electrons. The minimum atomic E-state index is -0.417. The zero-order valence-corrected chi connectivity index (χ0v) is 10.4. The minimum Gasteiger partial charge on any atom is -0.392 e. The van der Waals surface area contributed by atoms with Crippen molar-refractivity contribution in [1.82, 2.24) is 15.2 Å². The first-order valence-electron chi connectivity index (χ1n) is 5.91. The number of nitrogens with zero attached hydrogens (tertiary/aromatic N) is 2. The van der Waals surface area contributed by atoms with Crippen LogP contribution in [-0.2, 0) is 13.0 Å². The molecule has 0 spiro atoms. The van der Waals surface area contributed by atoms with Crippen molar-refractivity contribution in [3.05, 3.63) is 35.4 Å². The van der Waals surface area contributed by atoms with Crippen molar-refractivity contribution in [3.8, 4) is 11.4 Å². The summed E-state index contributed by atoms with van der Waals surface area (Å²) in [5, 5.41) is 16.0. The summed E-state index contributed by atoms with van der Waals surface area (Å²) in [6.07, 6.45) is 0.820. The van der Waals surface area contributed by atoms with Gasteiger partial charge in [0.15, 0.2) is 5.82 Å². The van der Waals surface area contributed by atoms with E-state index in [2.05, 4.69) is 29.0 Å². The summed E-state index contributed by atoms with van der Waals surface area (Å²) in [5.74, 6) is 1.42. The van der Waals surface area contributed by atoms with Gasteiger partial charge in [-0.05, 0) is 24.1 Å². The molecule has 0 atom stereocenters. The van der Waals surface area contributed by atoms with Crippen LogP contribution in [0.1, 0.15) is 25.2 Å². The molecule has 0 aliphatic carbocycles. The third-order valence-electron chi connectivity index (χ3n) is 2.61. The second-order valence-corrected chi connectivity index (χ2v) is 4.67. The van der Waals surface area contributed by atoms with E-state index in [-0.39, 0.29) is 12.2 Å². The highest BCUT2D eigenvalue weighted by Gasteiger charge is 2.09. The highest BCUT2D eigenvalue weighted by atomic mass is 19.1. The minimum absolute atomic E-state index is 0.253. The van der Waals surface area contributed by atoms with Crippen molar-refractivity contribution in [2.75, 3.05) is 0 Å². The number of aliphatic hydroxyl groups is 1. The molecular formula is C13H16FN3O. The van der Waals surface area contributed by atoms with Crippen LogP contribution in [0.2, 0.25) is 0 Å². The van der Waals surface area contributed by atoms with Crippen LogP contribution in [0.25, 0.3) is 11.4 Å². The molecule has 2 aromatic rings. The molecule has 0 aliphatic heterocycles. The maximum absolute atomic E-state index is 13.3. The van der Waals surface area contributed by atoms with Crippen molar-refractivity contribution >= 4 is 0 Å². The first-order valence-corrected chi connectivity index (χ1v) is 5.91. The molecule has 0 bridgehead atoms. The Hall–Kier alpha value is -1.75. The molecule has 0 fully saturated rings. The number of rotatable bonds is 4. The van der Waals surface area contributed by atoms with E-state index < -0.39 is 5.82 Å². The maximum atomic E-state index is 13.3. The average molecular weight is 249 g/mol. The molecule has 0 saturated carbocycles. The third kappa shape index (κ3) is 2.73. The van der Waals surface area contributed by atoms with Gasteiger partial charge in [0.1, 0.15) is 11.6 Å². The smallest absolute Gasteiger partial charge is 0.181 e. The number of hydrogen-bond acceptors (Lipinski definition) is 3. The highest BCUT2D eigenvalue weighted by molar-refractivity contribution is 5.55. The van der Waals surface area contributed by atoms with Gasteiger partial charge in [-0.2, -0.15) is 5.10 Å². The molecule has 0 amide bonds. The van der Waals surface area contributed by atoms with Crippen LogP contribution in [0.15, 0.2) is 18.2 Å². The fraction of sp³-hybridized carbons (Fsp3) is 0.385. The number of aliphatic hydroxyl groups excluding tert-OH is 1. The topological polar surface area (TPSA) is 61.8 Å². The zero-order chi connectivity index (χ0) is 13.1. The molecule has 0 saturated heterocycles. The molecule has 1 aromatic heterocycles. The van der Waals surface area contributed by atoms with Gasteiger partial charge in [0.05, 0.1) is 6.61 Å². The van der Waals surface area contributed by atoms with E-state index in [1.54, 1.807) is 12.1 Å². The second-order valence-electron chi connectivity index (χ2n) is 4.67. The summed E-state index contributed by atoms with van der Waals surface area (Å²) in [7, 11) is 0. The molecule has 5 heteroatoms. The first-order chi connectivity index (χ1) is 8.60. The summed E-state index contributed by atoms with van der Waals surface area (Å²) in [6.45, 7) is 3.87. The van der Waals surface area contributed by atoms with Gasteiger partial charge in [-0.1, -0.05) is 13.8 Å². The summed E-state index contributed by atoms with van der Waals surface area (Å²) in [4.78, 5) is 4.35. The van der Waals surface area contributed by atoms with E-state index in [4.69, 9.17) is 5.11 Å². The number of nitrogens with one attached hydrogen (secondary N) is 1. The lowest BCUT2D eigenvalue weighted by Crippen LogP contribution is -1.96. The number of hydrogen-bond donors (Lipinski definition) is 2. The van der Waals surface area contributed by atoms with Gasteiger partial charge in [-0.15, -0.1) is 0 Å². The summed E-state index contributed by atoms with van der Waals surface area (Å²) >= 11 is 0. The maximum Gasteiger partial charge on any atom is 0.181 e. The third-order valence-corrected chi connectivity index (χ3v) is 2.61. The van der Waals surface area contributed by atoms with Crippen LogP contribution >= 0.6 is 0 Å². The molecule has 0 radical (unpaired) electrons. The quantitative estimate of drug-likeness (QED) is 0.874. The standard InChI is InChI=1S/C13H16FN3O/c1-8(2)5-12-15-13(17-16-12)9-3-4-11(14)10(6-9)7-18/h3-4,6,8,18H,5,7H2,1-2H3,(H,15,16,17). The monoisotopic (exact) mass is 249 g/mol. The van der Waals surface area contributed by atoms with Crippen LogP contribution in [0.4, 0.5) is 4.39 Å². The van der Waals surface area contributed by atoms with Crippen LogP contribution in [-0.4, -0.2) is 20.3 Å². The normalized spacial score (nSPS) is 11.2. The molecule has 18 heavy (non-hydrogen) atoms. The van der Waals surface area contributed by atoms with Crippen LogP contribution in [0, 0.1) is 11.7 Å². The number of aromatic nitrogens is 3. The predicted molar refractivity (Wildman–Crippen MR) is 66.2 cm³/mol. The molecule has 0 aliphatic rings. The largest absolute Gasteiger partial charge is 0.392 e. The Bertz CT molecular complexity index is 537. The zero-order valence-electron chi connectivity index (χ0n) is 10.4. The molecule has 1 aromatic carbocycles. The van der Waals surface area contributed by atoms with Crippen molar-refractivity contribution < 1.29 is 9.50 Å². The number of H-pyrrole nitrogens is 1. The van der Waals surface area contributed by atoms with Crippen molar-refractivity contribution in [2.45, 2.75) is 26.9 Å². The number of benzene rings is 1. The SMILES string of the molecule is CC(C)Cc1nc(-c2ccc(F)c(CO)c2)n[nH]1. The van der Waals surface area contributed by atoms with Crippen LogP contribution < -0.4 is 0 Å². The van der Waals surface area contributed by atoms with Crippen molar-refractivity contribution in [1.29, 1.82) is 0 Å². The Kier molecular flexibility index (Phi) is 3.72. The fourth-order valence-electron chi connectivity index (χ4n) is 1.74. The lowest BCUT2D eigenvalue weighted by atomic mass is 10.1. The van der Waals surface area contributed by atoms with Gasteiger partial charge in [-0.3, -0.25) is 5.10 Å². The molecular weight excluding hydrogens is 233 g/mol. The Labute approximate surface area is 105 Å². The Morgan fingerprint density at radius 2 is 2.17 bits per heavy atom. The average Bonchev–Trinajstić information content (AvgIpc) is 2.77.